The van der Waals surface area contributed by atoms with Crippen LogP contribution in [0.3, 0.4) is 0 Å². The minimum absolute atomic E-state index is 0.0588. The maximum Gasteiger partial charge on any atom is 0.240 e. The Morgan fingerprint density at radius 2 is 1.80 bits per heavy atom. The smallest absolute Gasteiger partial charge is 0.229 e. The fourth-order valence-electron chi connectivity index (χ4n) is 2.37. The third kappa shape index (κ3) is 3.19. The highest BCUT2D eigenvalue weighted by molar-refractivity contribution is 9.10. The number of rotatable bonds is 3. The van der Waals surface area contributed by atoms with Gasteiger partial charge in [0, 0.05) is 5.56 Å². The SMILES string of the molecule is N#Cc1nn(-c2ccccc2S(N)(=O)=O)c(-c2ccc(F)cc2)c1Br. The molecule has 0 saturated heterocycles. The summed E-state index contributed by atoms with van der Waals surface area (Å²) in [6.07, 6.45) is 0. The third-order valence-corrected chi connectivity index (χ3v) is 5.16. The molecule has 0 bridgehead atoms. The van der Waals surface area contributed by atoms with Gasteiger partial charge >= 0.3 is 0 Å². The molecule has 1 heterocycles. The molecule has 0 fully saturated rings. The van der Waals surface area contributed by atoms with E-state index in [2.05, 4.69) is 21.0 Å². The summed E-state index contributed by atoms with van der Waals surface area (Å²) in [6.45, 7) is 0. The first-order chi connectivity index (χ1) is 11.8. The normalized spacial score (nSPS) is 11.3. The number of hydrogen-bond acceptors (Lipinski definition) is 4. The Morgan fingerprint density at radius 1 is 1.16 bits per heavy atom. The molecule has 6 nitrogen and oxygen atoms in total. The van der Waals surface area contributed by atoms with Crippen molar-refractivity contribution in [1.82, 2.24) is 9.78 Å². The first-order valence-electron chi connectivity index (χ1n) is 6.89. The van der Waals surface area contributed by atoms with Gasteiger partial charge in [0.25, 0.3) is 0 Å². The lowest BCUT2D eigenvalue weighted by Crippen LogP contribution is -2.16. The maximum atomic E-state index is 13.2. The number of nitriles is 1. The minimum atomic E-state index is -4.02. The quantitative estimate of drug-likeness (QED) is 0.703. The van der Waals surface area contributed by atoms with Gasteiger partial charge in [-0.3, -0.25) is 0 Å². The Balaban J connectivity index is 2.36. The minimum Gasteiger partial charge on any atom is -0.229 e. The predicted molar refractivity (Wildman–Crippen MR) is 92.7 cm³/mol. The molecule has 0 atom stereocenters. The molecule has 9 heteroatoms. The zero-order valence-electron chi connectivity index (χ0n) is 12.5. The summed E-state index contributed by atoms with van der Waals surface area (Å²) in [6, 6.07) is 13.5. The molecule has 2 N–H and O–H groups in total. The molecular weight excluding hydrogens is 411 g/mol. The van der Waals surface area contributed by atoms with Gasteiger partial charge in [-0.1, -0.05) is 12.1 Å². The fraction of sp³-hybridized carbons (Fsp3) is 0. The Bertz CT molecular complexity index is 1100. The maximum absolute atomic E-state index is 13.2. The van der Waals surface area contributed by atoms with E-state index in [-0.39, 0.29) is 16.3 Å². The average molecular weight is 421 g/mol. The standard InChI is InChI=1S/C16H10BrFN4O2S/c17-15-12(9-19)21-22(16(15)10-5-7-11(18)8-6-10)13-3-1-2-4-14(13)25(20,23)24/h1-8H,(H2,20,23,24). The van der Waals surface area contributed by atoms with Crippen LogP contribution in [-0.4, -0.2) is 18.2 Å². The van der Waals surface area contributed by atoms with E-state index >= 15 is 0 Å². The molecule has 0 aliphatic heterocycles. The molecule has 0 unspecified atom stereocenters. The first kappa shape index (κ1) is 17.3. The van der Waals surface area contributed by atoms with Crippen LogP contribution in [0.25, 0.3) is 16.9 Å². The second-order valence-corrected chi connectivity index (χ2v) is 7.38. The summed E-state index contributed by atoms with van der Waals surface area (Å²) in [5, 5.41) is 18.7. The second kappa shape index (κ2) is 6.40. The van der Waals surface area contributed by atoms with Crippen LogP contribution in [0.4, 0.5) is 4.39 Å². The molecule has 0 aliphatic carbocycles. The van der Waals surface area contributed by atoms with Crippen molar-refractivity contribution < 1.29 is 12.8 Å². The lowest BCUT2D eigenvalue weighted by atomic mass is 10.1. The van der Waals surface area contributed by atoms with Gasteiger partial charge < -0.3 is 0 Å². The molecule has 0 spiro atoms. The number of nitrogens with zero attached hydrogens (tertiary/aromatic N) is 3. The average Bonchev–Trinajstić information content (AvgIpc) is 2.91. The fourth-order valence-corrected chi connectivity index (χ4v) is 3.65. The number of hydrogen-bond donors (Lipinski definition) is 1. The lowest BCUT2D eigenvalue weighted by Gasteiger charge is -2.11. The molecule has 3 aromatic rings. The van der Waals surface area contributed by atoms with Crippen LogP contribution in [-0.2, 0) is 10.0 Å². The topological polar surface area (TPSA) is 102 Å². The predicted octanol–water partition coefficient (Wildman–Crippen LogP) is 2.96. The molecule has 0 saturated carbocycles. The molecule has 0 aliphatic rings. The van der Waals surface area contributed by atoms with E-state index in [4.69, 9.17) is 5.14 Å². The van der Waals surface area contributed by atoms with Crippen LogP contribution in [0.15, 0.2) is 57.9 Å². The number of primary sulfonamides is 1. The summed E-state index contributed by atoms with van der Waals surface area (Å²) in [5.41, 5.74) is 1.20. The van der Waals surface area contributed by atoms with E-state index in [0.29, 0.717) is 15.7 Å². The van der Waals surface area contributed by atoms with Gasteiger partial charge in [0.1, 0.15) is 16.8 Å². The highest BCUT2D eigenvalue weighted by Gasteiger charge is 2.23. The molecule has 3 rings (SSSR count). The van der Waals surface area contributed by atoms with Gasteiger partial charge in [0.2, 0.25) is 10.0 Å². The van der Waals surface area contributed by atoms with Crippen molar-refractivity contribution in [2.75, 3.05) is 0 Å². The molecular formula is C16H10BrFN4O2S. The highest BCUT2D eigenvalue weighted by Crippen LogP contribution is 2.34. The highest BCUT2D eigenvalue weighted by atomic mass is 79.9. The third-order valence-electron chi connectivity index (χ3n) is 3.45. The van der Waals surface area contributed by atoms with Crippen molar-refractivity contribution in [3.63, 3.8) is 0 Å². The van der Waals surface area contributed by atoms with Crippen molar-refractivity contribution in [2.24, 2.45) is 5.14 Å². The van der Waals surface area contributed by atoms with Crippen LogP contribution in [0.2, 0.25) is 0 Å². The zero-order chi connectivity index (χ0) is 18.2. The van der Waals surface area contributed by atoms with Crippen LogP contribution < -0.4 is 5.14 Å². The summed E-state index contributed by atoms with van der Waals surface area (Å²) in [7, 11) is -4.02. The van der Waals surface area contributed by atoms with E-state index in [9.17, 15) is 18.1 Å². The van der Waals surface area contributed by atoms with E-state index in [1.165, 1.54) is 47.1 Å². The summed E-state index contributed by atoms with van der Waals surface area (Å²) >= 11 is 3.31. The van der Waals surface area contributed by atoms with E-state index in [0.717, 1.165) is 0 Å². The van der Waals surface area contributed by atoms with Gasteiger partial charge in [0.15, 0.2) is 5.69 Å². The molecule has 25 heavy (non-hydrogen) atoms. The lowest BCUT2D eigenvalue weighted by molar-refractivity contribution is 0.596. The van der Waals surface area contributed by atoms with Gasteiger partial charge in [-0.15, -0.1) is 0 Å². The first-order valence-corrected chi connectivity index (χ1v) is 9.23. The van der Waals surface area contributed by atoms with Crippen molar-refractivity contribution in [1.29, 1.82) is 5.26 Å². The van der Waals surface area contributed by atoms with Crippen LogP contribution in [0, 0.1) is 17.1 Å². The molecule has 0 radical (unpaired) electrons. The Morgan fingerprint density at radius 3 is 2.40 bits per heavy atom. The van der Waals surface area contributed by atoms with E-state index in [1.807, 2.05) is 6.07 Å². The van der Waals surface area contributed by atoms with Gasteiger partial charge in [-0.25, -0.2) is 22.6 Å². The second-order valence-electron chi connectivity index (χ2n) is 5.05. The molecule has 0 amide bonds. The zero-order valence-corrected chi connectivity index (χ0v) is 14.9. The number of benzene rings is 2. The van der Waals surface area contributed by atoms with Crippen molar-refractivity contribution in [3.8, 4) is 23.0 Å². The van der Waals surface area contributed by atoms with Crippen LogP contribution in [0.5, 0.6) is 0 Å². The summed E-state index contributed by atoms with van der Waals surface area (Å²) in [5.74, 6) is -0.420. The number of para-hydroxylation sites is 1. The largest absolute Gasteiger partial charge is 0.240 e. The Kier molecular flexibility index (Phi) is 4.43. The number of nitrogens with two attached hydrogens (primary N) is 1. The van der Waals surface area contributed by atoms with E-state index in [1.54, 1.807) is 6.07 Å². The van der Waals surface area contributed by atoms with Gasteiger partial charge in [-0.05, 0) is 52.3 Å². The Labute approximate surface area is 151 Å². The number of halogens is 2. The monoisotopic (exact) mass is 420 g/mol. The number of aromatic nitrogens is 2. The summed E-state index contributed by atoms with van der Waals surface area (Å²) in [4.78, 5) is -0.141. The number of sulfonamides is 1. The Hall–Kier alpha value is -2.54. The van der Waals surface area contributed by atoms with Crippen LogP contribution in [0.1, 0.15) is 5.69 Å². The van der Waals surface area contributed by atoms with Crippen LogP contribution >= 0.6 is 15.9 Å². The summed E-state index contributed by atoms with van der Waals surface area (Å²) < 4.78 is 38.7. The van der Waals surface area contributed by atoms with Crippen molar-refractivity contribution >= 4 is 26.0 Å². The molecule has 1 aromatic heterocycles. The van der Waals surface area contributed by atoms with Gasteiger partial charge in [-0.2, -0.15) is 10.4 Å². The van der Waals surface area contributed by atoms with Crippen molar-refractivity contribution in [2.45, 2.75) is 4.90 Å². The van der Waals surface area contributed by atoms with Gasteiger partial charge in [0.05, 0.1) is 15.9 Å². The molecule has 2 aromatic carbocycles. The molecule has 126 valence electrons. The van der Waals surface area contributed by atoms with E-state index < -0.39 is 15.8 Å². The van der Waals surface area contributed by atoms with Crippen molar-refractivity contribution in [3.05, 3.63) is 64.5 Å².